The zero-order valence-corrected chi connectivity index (χ0v) is 26.7. The Kier molecular flexibility index (Phi) is 7.56. The van der Waals surface area contributed by atoms with E-state index in [1.807, 2.05) is 32.9 Å². The smallest absolute Gasteiger partial charge is 0.397 e. The Balaban J connectivity index is 1.45. The second kappa shape index (κ2) is 10.2. The van der Waals surface area contributed by atoms with Crippen molar-refractivity contribution in [2.45, 2.75) is 78.6 Å². The number of ether oxygens (including phenoxy) is 1. The second-order valence-electron chi connectivity index (χ2n) is 13.5. The van der Waals surface area contributed by atoms with Gasteiger partial charge in [-0.05, 0) is 53.9 Å². The first-order chi connectivity index (χ1) is 18.5. The molecule has 3 aliphatic rings. The van der Waals surface area contributed by atoms with Crippen LogP contribution in [0.4, 0.5) is 0 Å². The largest absolute Gasteiger partial charge is 0.426 e. The van der Waals surface area contributed by atoms with Crippen LogP contribution in [0.2, 0.25) is 0 Å². The van der Waals surface area contributed by atoms with E-state index >= 15 is 0 Å². The zero-order chi connectivity index (χ0) is 29.3. The number of hydrogen-bond donors (Lipinski definition) is 0. The summed E-state index contributed by atoms with van der Waals surface area (Å²) in [6, 6.07) is 8.33. The number of esters is 1. The molecule has 0 amide bonds. The summed E-state index contributed by atoms with van der Waals surface area (Å²) in [6.07, 6.45) is 0. The van der Waals surface area contributed by atoms with Gasteiger partial charge in [-0.1, -0.05) is 65.8 Å². The van der Waals surface area contributed by atoms with E-state index < -0.39 is 27.7 Å². The van der Waals surface area contributed by atoms with E-state index in [2.05, 4.69) is 53.7 Å². The summed E-state index contributed by atoms with van der Waals surface area (Å²) in [5.41, 5.74) is 3.96. The lowest BCUT2D eigenvalue weighted by Crippen LogP contribution is -2.44. The van der Waals surface area contributed by atoms with Crippen LogP contribution in [0.3, 0.4) is 0 Å². The van der Waals surface area contributed by atoms with Crippen LogP contribution in [-0.2, 0) is 43.7 Å². The molecule has 1 atom stereocenters. The topological polar surface area (TPSA) is 89.5 Å². The predicted molar refractivity (Wildman–Crippen MR) is 155 cm³/mol. The number of fused-ring (bicyclic) bond motifs is 1. The monoisotopic (exact) mass is 590 g/mol. The molecule has 0 bridgehead atoms. The average Bonchev–Trinajstić information content (AvgIpc) is 3.13. The third-order valence-corrected chi connectivity index (χ3v) is 9.82. The van der Waals surface area contributed by atoms with E-state index in [4.69, 9.17) is 27.4 Å². The highest BCUT2D eigenvalue weighted by atomic mass is 31.2. The third kappa shape index (κ3) is 5.28. The highest BCUT2D eigenvalue weighted by Gasteiger charge is 2.49. The molecule has 0 radical (unpaired) electrons. The Labute approximate surface area is 239 Å². The quantitative estimate of drug-likeness (QED) is 0.211. The van der Waals surface area contributed by atoms with Crippen molar-refractivity contribution in [3.8, 4) is 11.5 Å². The molecule has 2 aromatic carbocycles. The van der Waals surface area contributed by atoms with Gasteiger partial charge in [-0.15, -0.1) is 0 Å². The van der Waals surface area contributed by atoms with Gasteiger partial charge in [0.05, 0.1) is 31.8 Å². The highest BCUT2D eigenvalue weighted by molar-refractivity contribution is 7.42. The van der Waals surface area contributed by atoms with Crippen LogP contribution in [0.15, 0.2) is 24.3 Å². The SMILES string of the molecule is Cc1cc(C2(C)C(=O)Oc3c(C(C)(C)C)cc(C(C)(C)C)cc32)cc(C)c1OP1OCC2(CO1)CO[PH](=O)OC2. The molecular formula is C30H40O8P2. The maximum Gasteiger partial charge on any atom is 0.397 e. The summed E-state index contributed by atoms with van der Waals surface area (Å²) in [5, 5.41) is 0. The maximum absolute atomic E-state index is 13.7. The highest BCUT2D eigenvalue weighted by Crippen LogP contribution is 2.53. The summed E-state index contributed by atoms with van der Waals surface area (Å²) >= 11 is 0. The Morgan fingerprint density at radius 2 is 1.45 bits per heavy atom. The Bertz CT molecular complexity index is 1330. The van der Waals surface area contributed by atoms with Crippen LogP contribution in [0, 0.1) is 19.3 Å². The van der Waals surface area contributed by atoms with Gasteiger partial charge in [-0.25, -0.2) is 0 Å². The van der Waals surface area contributed by atoms with Gasteiger partial charge < -0.3 is 27.4 Å². The number of benzene rings is 2. The van der Waals surface area contributed by atoms with Crippen LogP contribution in [0.25, 0.3) is 0 Å². The van der Waals surface area contributed by atoms with Crippen LogP contribution in [-0.4, -0.2) is 32.4 Å². The van der Waals surface area contributed by atoms with Gasteiger partial charge in [0.25, 0.3) is 0 Å². The molecule has 5 rings (SSSR count). The summed E-state index contributed by atoms with van der Waals surface area (Å²) in [6.45, 7) is 20.1. The lowest BCUT2D eigenvalue weighted by Gasteiger charge is -2.39. The molecule has 2 aromatic rings. The molecule has 40 heavy (non-hydrogen) atoms. The van der Waals surface area contributed by atoms with Crippen LogP contribution < -0.4 is 9.26 Å². The van der Waals surface area contributed by atoms with E-state index in [1.54, 1.807) is 0 Å². The number of carbonyl (C=O) groups is 1. The fraction of sp³-hybridized carbons (Fsp3) is 0.567. The van der Waals surface area contributed by atoms with Gasteiger partial charge in [-0.2, -0.15) is 0 Å². The summed E-state index contributed by atoms with van der Waals surface area (Å²) in [4.78, 5) is 13.7. The molecule has 1 unspecified atom stereocenters. The first-order valence-corrected chi connectivity index (χ1v) is 15.9. The number of hydrogen-bond acceptors (Lipinski definition) is 8. The minimum Gasteiger partial charge on any atom is -0.426 e. The number of aryl methyl sites for hydroxylation is 2. The van der Waals surface area contributed by atoms with Crippen molar-refractivity contribution < 1.29 is 36.7 Å². The molecule has 218 valence electrons. The minimum atomic E-state index is -2.42. The lowest BCUT2D eigenvalue weighted by atomic mass is 9.72. The zero-order valence-electron chi connectivity index (χ0n) is 24.9. The molecule has 0 N–H and O–H groups in total. The molecule has 1 spiro atoms. The maximum atomic E-state index is 13.7. The molecule has 0 aromatic heterocycles. The lowest BCUT2D eigenvalue weighted by molar-refractivity contribution is -0.136. The Morgan fingerprint density at radius 3 is 1.98 bits per heavy atom. The summed E-state index contributed by atoms with van der Waals surface area (Å²) in [5.74, 6) is 1.06. The average molecular weight is 591 g/mol. The van der Waals surface area contributed by atoms with E-state index in [9.17, 15) is 9.36 Å². The molecule has 2 fully saturated rings. The van der Waals surface area contributed by atoms with E-state index in [-0.39, 0.29) is 30.0 Å². The second-order valence-corrected chi connectivity index (χ2v) is 15.8. The fourth-order valence-corrected chi connectivity index (χ4v) is 7.63. The van der Waals surface area contributed by atoms with Crippen LogP contribution in [0.5, 0.6) is 11.5 Å². The number of carbonyl (C=O) groups excluding carboxylic acids is 1. The van der Waals surface area contributed by atoms with Crippen LogP contribution >= 0.6 is 16.9 Å². The molecule has 10 heteroatoms. The molecule has 2 saturated heterocycles. The fourth-order valence-electron chi connectivity index (χ4n) is 5.32. The van der Waals surface area contributed by atoms with Gasteiger partial charge in [0.1, 0.15) is 16.9 Å². The van der Waals surface area contributed by atoms with Gasteiger partial charge in [0.15, 0.2) is 0 Å². The molecule has 0 aliphatic carbocycles. The van der Waals surface area contributed by atoms with Gasteiger partial charge >= 0.3 is 22.8 Å². The van der Waals surface area contributed by atoms with Crippen molar-refractivity contribution in [1.29, 1.82) is 0 Å². The normalized spacial score (nSPS) is 28.9. The third-order valence-electron chi connectivity index (χ3n) is 8.05. The van der Waals surface area contributed by atoms with E-state index in [1.165, 1.54) is 5.56 Å². The summed E-state index contributed by atoms with van der Waals surface area (Å²) in [7, 11) is -4.05. The van der Waals surface area contributed by atoms with Gasteiger partial charge in [0.2, 0.25) is 0 Å². The Hall–Kier alpha value is -1.79. The first-order valence-electron chi connectivity index (χ1n) is 13.6. The Morgan fingerprint density at radius 1 is 0.875 bits per heavy atom. The summed E-state index contributed by atoms with van der Waals surface area (Å²) < 4.78 is 46.0. The predicted octanol–water partition coefficient (Wildman–Crippen LogP) is 7.20. The number of rotatable bonds is 3. The van der Waals surface area contributed by atoms with Crippen molar-refractivity contribution in [2.24, 2.45) is 5.41 Å². The molecule has 0 saturated carbocycles. The van der Waals surface area contributed by atoms with E-state index in [0.29, 0.717) is 24.7 Å². The molecule has 3 aliphatic heterocycles. The van der Waals surface area contributed by atoms with Crippen molar-refractivity contribution in [1.82, 2.24) is 0 Å². The van der Waals surface area contributed by atoms with Crippen molar-refractivity contribution >= 4 is 22.8 Å². The molecule has 3 heterocycles. The van der Waals surface area contributed by atoms with Crippen molar-refractivity contribution in [3.63, 3.8) is 0 Å². The molecular weight excluding hydrogens is 550 g/mol. The minimum absolute atomic E-state index is 0.0974. The van der Waals surface area contributed by atoms with Gasteiger partial charge in [-0.3, -0.25) is 9.36 Å². The van der Waals surface area contributed by atoms with Gasteiger partial charge in [0, 0.05) is 11.1 Å². The van der Waals surface area contributed by atoms with Crippen molar-refractivity contribution in [2.75, 3.05) is 26.4 Å². The van der Waals surface area contributed by atoms with Crippen molar-refractivity contribution in [3.05, 3.63) is 57.6 Å². The molecule has 8 nitrogen and oxygen atoms in total. The van der Waals surface area contributed by atoms with E-state index in [0.717, 1.165) is 27.8 Å². The standard InChI is InChI=1S/C30H40O8P2/c1-18-10-21(11-19(2)24(18)38-40-35-16-30(17-36-40)14-33-39(32)34-15-30)29(9)23-13-20(27(3,4)5)12-22(28(6,7)8)25(23)37-26(29)31/h10-13,39H,14-17H2,1-9H3. The first kappa shape index (κ1) is 29.7. The van der Waals surface area contributed by atoms with Crippen LogP contribution in [0.1, 0.15) is 81.8 Å².